The zero-order chi connectivity index (χ0) is 25.6. The Hall–Kier alpha value is -1.84. The summed E-state index contributed by atoms with van der Waals surface area (Å²) in [6, 6.07) is 0. The number of fused-ring (bicyclic) bond motifs is 5. The number of hydrogen-bond acceptors (Lipinski definition) is 5. The zero-order valence-electron chi connectivity index (χ0n) is 21.2. The molecule has 6 heteroatoms. The van der Waals surface area contributed by atoms with Gasteiger partial charge in [-0.3, -0.25) is 9.59 Å². The van der Waals surface area contributed by atoms with Crippen LogP contribution in [0.5, 0.6) is 0 Å². The molecule has 0 spiro atoms. The van der Waals surface area contributed by atoms with E-state index in [1.54, 1.807) is 0 Å². The van der Waals surface area contributed by atoms with E-state index in [1.807, 2.05) is 0 Å². The molecule has 4 aliphatic carbocycles. The maximum atomic E-state index is 13.5. The van der Waals surface area contributed by atoms with E-state index in [0.29, 0.717) is 18.3 Å². The van der Waals surface area contributed by atoms with Gasteiger partial charge in [-0.05, 0) is 74.7 Å². The first-order chi connectivity index (χ1) is 16.3. The average molecular weight is 501 g/mol. The maximum absolute atomic E-state index is 13.5. The number of allylic oxidation sites excluding steroid dienone is 5. The van der Waals surface area contributed by atoms with E-state index in [-0.39, 0.29) is 40.0 Å². The smallest absolute Gasteiger partial charge is 0.322 e. The van der Waals surface area contributed by atoms with Crippen LogP contribution in [0.4, 0.5) is 4.39 Å². The van der Waals surface area contributed by atoms with Crippen LogP contribution in [-0.4, -0.2) is 33.7 Å². The van der Waals surface area contributed by atoms with Crippen molar-refractivity contribution in [2.24, 2.45) is 34.5 Å². The van der Waals surface area contributed by atoms with Crippen molar-refractivity contribution in [2.45, 2.75) is 78.0 Å². The van der Waals surface area contributed by atoms with Crippen LogP contribution in [0.1, 0.15) is 66.2 Å². The molecule has 0 bridgehead atoms. The predicted molar refractivity (Wildman–Crippen MR) is 137 cm³/mol. The van der Waals surface area contributed by atoms with Crippen molar-refractivity contribution in [3.8, 4) is 12.0 Å². The largest absolute Gasteiger partial charge is 0.393 e. The lowest BCUT2D eigenvalue weighted by atomic mass is 9.47. The van der Waals surface area contributed by atoms with Crippen LogP contribution in [0.3, 0.4) is 0 Å². The molecule has 7 unspecified atom stereocenters. The Balaban J connectivity index is 1.40. The van der Waals surface area contributed by atoms with Crippen molar-refractivity contribution in [3.05, 3.63) is 36.0 Å². The van der Waals surface area contributed by atoms with Gasteiger partial charge in [0.05, 0.1) is 18.3 Å². The number of carbonyl (C=O) groups is 2. The normalized spacial score (nSPS) is 37.8. The topological polar surface area (TPSA) is 63.6 Å². The highest BCUT2D eigenvalue weighted by molar-refractivity contribution is 8.13. The summed E-state index contributed by atoms with van der Waals surface area (Å²) in [5.41, 5.74) is 0.392. The van der Waals surface area contributed by atoms with E-state index in [2.05, 4.69) is 50.7 Å². The fourth-order valence-electron chi connectivity index (χ4n) is 7.50. The number of carbonyl (C=O) groups excluding carboxylic acids is 2. The van der Waals surface area contributed by atoms with E-state index in [1.165, 1.54) is 19.4 Å². The van der Waals surface area contributed by atoms with Crippen LogP contribution in [0.15, 0.2) is 36.0 Å². The van der Waals surface area contributed by atoms with Gasteiger partial charge in [0.1, 0.15) is 11.8 Å². The fourth-order valence-corrected chi connectivity index (χ4v) is 8.36. The molecule has 4 nitrogen and oxygen atoms in total. The lowest BCUT2D eigenvalue weighted by Gasteiger charge is -2.58. The van der Waals surface area contributed by atoms with Crippen LogP contribution >= 0.6 is 11.8 Å². The van der Waals surface area contributed by atoms with Crippen molar-refractivity contribution in [2.75, 3.05) is 5.75 Å². The molecule has 0 aromatic rings. The first-order valence-electron chi connectivity index (χ1n) is 12.7. The van der Waals surface area contributed by atoms with Gasteiger partial charge < -0.3 is 9.84 Å². The molecule has 4 aliphatic rings. The van der Waals surface area contributed by atoms with Gasteiger partial charge in [-0.2, -0.15) is 0 Å². The number of rotatable bonds is 4. The highest BCUT2D eigenvalue weighted by atomic mass is 32.2. The van der Waals surface area contributed by atoms with E-state index < -0.39 is 17.7 Å². The lowest BCUT2D eigenvalue weighted by molar-refractivity contribution is -0.139. The summed E-state index contributed by atoms with van der Waals surface area (Å²) in [4.78, 5) is 24.8. The highest BCUT2D eigenvalue weighted by Gasteiger charge is 2.62. The second-order valence-electron chi connectivity index (χ2n) is 11.9. The molecule has 3 saturated carbocycles. The van der Waals surface area contributed by atoms with Crippen molar-refractivity contribution >= 4 is 22.8 Å². The lowest BCUT2D eigenvalue weighted by Crippen LogP contribution is -2.56. The quantitative estimate of drug-likeness (QED) is 0.392. The third-order valence-corrected chi connectivity index (χ3v) is 9.82. The summed E-state index contributed by atoms with van der Waals surface area (Å²) in [5.74, 6) is 3.06. The van der Waals surface area contributed by atoms with Gasteiger partial charge in [0, 0.05) is 17.3 Å². The first-order valence-corrected chi connectivity index (χ1v) is 13.6. The summed E-state index contributed by atoms with van der Waals surface area (Å²) in [5, 5.41) is 11.6. The molecule has 4 rings (SSSR count). The number of aliphatic hydroxyl groups is 1. The third kappa shape index (κ3) is 5.04. The van der Waals surface area contributed by atoms with Crippen LogP contribution in [0, 0.1) is 46.5 Å². The minimum absolute atomic E-state index is 0.0997. The van der Waals surface area contributed by atoms with Gasteiger partial charge in [-0.1, -0.05) is 56.0 Å². The average Bonchev–Trinajstić information content (AvgIpc) is 3.09. The molecule has 3 fully saturated rings. The maximum Gasteiger partial charge on any atom is 0.322 e. The van der Waals surface area contributed by atoms with Gasteiger partial charge in [0.25, 0.3) is 0 Å². The zero-order valence-corrected chi connectivity index (χ0v) is 22.1. The Labute approximate surface area is 212 Å². The number of thioether (sulfide) groups is 1. The predicted octanol–water partition coefficient (Wildman–Crippen LogP) is 5.77. The number of hydrogen-bond donors (Lipinski definition) is 1. The van der Waals surface area contributed by atoms with Crippen molar-refractivity contribution in [1.82, 2.24) is 0 Å². The molecule has 7 atom stereocenters. The van der Waals surface area contributed by atoms with Gasteiger partial charge in [0.2, 0.25) is 0 Å². The molecule has 35 heavy (non-hydrogen) atoms. The Bertz CT molecular complexity index is 1030. The SMILES string of the molecule is C=C1C=CC2(C)C(=C1)CCC1C2C(O)CC2(C)C(C(=O)SCC#COC(=O)CC(C)(C)F)CCC12. The van der Waals surface area contributed by atoms with Crippen molar-refractivity contribution in [1.29, 1.82) is 0 Å². The molecular formula is C29H37FO4S. The standard InChI is InChI=1S/C29H37FO4S/c1-18-11-12-28(4)19(15-18)7-8-20-21-9-10-22(29(21,5)16-23(31)25(20)28)26(33)35-14-6-13-34-24(32)17-27(2,3)30/h11-12,15,20-23,25,31H,1,7-10,14,16-17H2,2-5H3. The number of esters is 1. The Morgan fingerprint density at radius 1 is 1.31 bits per heavy atom. The summed E-state index contributed by atoms with van der Waals surface area (Å²) in [6.07, 6.45) is 12.6. The van der Waals surface area contributed by atoms with Crippen LogP contribution < -0.4 is 0 Å². The van der Waals surface area contributed by atoms with Gasteiger partial charge in [-0.25, -0.2) is 4.39 Å². The minimum atomic E-state index is -1.64. The van der Waals surface area contributed by atoms with Gasteiger partial charge in [0.15, 0.2) is 5.12 Å². The second-order valence-corrected chi connectivity index (χ2v) is 12.8. The highest BCUT2D eigenvalue weighted by Crippen LogP contribution is 2.66. The first kappa shape index (κ1) is 26.2. The Kier molecular flexibility index (Phi) is 7.16. The summed E-state index contributed by atoms with van der Waals surface area (Å²) in [6.45, 7) is 11.2. The molecule has 1 N–H and O–H groups in total. The van der Waals surface area contributed by atoms with E-state index in [4.69, 9.17) is 4.74 Å². The Morgan fingerprint density at radius 2 is 2.06 bits per heavy atom. The van der Waals surface area contributed by atoms with Crippen molar-refractivity contribution in [3.63, 3.8) is 0 Å². The second kappa shape index (κ2) is 9.56. The molecule has 190 valence electrons. The molecule has 0 aromatic heterocycles. The number of halogens is 1. The monoisotopic (exact) mass is 500 g/mol. The number of aliphatic hydroxyl groups excluding tert-OH is 1. The van der Waals surface area contributed by atoms with Crippen LogP contribution in [0.25, 0.3) is 0 Å². The van der Waals surface area contributed by atoms with Gasteiger partial charge in [-0.15, -0.1) is 0 Å². The van der Waals surface area contributed by atoms with Crippen molar-refractivity contribution < 1.29 is 23.8 Å². The van der Waals surface area contributed by atoms with E-state index in [9.17, 15) is 19.1 Å². The van der Waals surface area contributed by atoms with E-state index >= 15 is 0 Å². The molecule has 0 aliphatic heterocycles. The summed E-state index contributed by atoms with van der Waals surface area (Å²) < 4.78 is 18.2. The molecule has 0 radical (unpaired) electrons. The number of ether oxygens (including phenoxy) is 1. The number of alkyl halides is 1. The summed E-state index contributed by atoms with van der Waals surface area (Å²) in [7, 11) is 0. The molecular weight excluding hydrogens is 463 g/mol. The summed E-state index contributed by atoms with van der Waals surface area (Å²) >= 11 is 1.15. The fraction of sp³-hybridized carbons (Fsp3) is 0.655. The van der Waals surface area contributed by atoms with Crippen LogP contribution in [-0.2, 0) is 14.3 Å². The Morgan fingerprint density at radius 3 is 2.77 bits per heavy atom. The minimum Gasteiger partial charge on any atom is -0.393 e. The molecule has 0 aromatic carbocycles. The molecule has 0 amide bonds. The van der Waals surface area contributed by atoms with Crippen LogP contribution in [0.2, 0.25) is 0 Å². The van der Waals surface area contributed by atoms with E-state index in [0.717, 1.165) is 43.0 Å². The molecule has 0 heterocycles. The third-order valence-electron chi connectivity index (χ3n) is 8.96. The molecule has 0 saturated heterocycles. The van der Waals surface area contributed by atoms with Gasteiger partial charge >= 0.3 is 5.97 Å².